The Labute approximate surface area is 102 Å². The van der Waals surface area contributed by atoms with Crippen LogP contribution in [0.15, 0.2) is 24.3 Å². The quantitative estimate of drug-likeness (QED) is 0.879. The molecular formula is C14H19N3. The Morgan fingerprint density at radius 1 is 1.35 bits per heavy atom. The molecule has 1 aliphatic rings. The van der Waals surface area contributed by atoms with Gasteiger partial charge in [0, 0.05) is 6.54 Å². The Balaban J connectivity index is 2.03. The van der Waals surface area contributed by atoms with E-state index in [1.54, 1.807) is 0 Å². The number of rotatable bonds is 3. The molecule has 1 aromatic heterocycles. The SMILES string of the molecule is CC(C)C1(Cn2c(N)nc3ccccc32)CC1. The first-order valence-electron chi connectivity index (χ1n) is 6.33. The topological polar surface area (TPSA) is 43.8 Å². The molecule has 0 bridgehead atoms. The highest BCUT2D eigenvalue weighted by molar-refractivity contribution is 5.78. The second kappa shape index (κ2) is 3.49. The number of imidazole rings is 1. The Hall–Kier alpha value is -1.51. The summed E-state index contributed by atoms with van der Waals surface area (Å²) in [6.07, 6.45) is 2.63. The molecule has 1 fully saturated rings. The maximum Gasteiger partial charge on any atom is 0.201 e. The number of benzene rings is 1. The van der Waals surface area contributed by atoms with Crippen molar-refractivity contribution in [2.24, 2.45) is 11.3 Å². The Morgan fingerprint density at radius 3 is 2.71 bits per heavy atom. The molecule has 0 atom stereocenters. The summed E-state index contributed by atoms with van der Waals surface area (Å²) in [5.41, 5.74) is 8.66. The Bertz CT molecular complexity index is 550. The fourth-order valence-electron chi connectivity index (χ4n) is 2.65. The molecule has 3 rings (SSSR count). The minimum absolute atomic E-state index is 0.456. The molecule has 0 unspecified atom stereocenters. The number of para-hydroxylation sites is 2. The maximum absolute atomic E-state index is 6.04. The van der Waals surface area contributed by atoms with Gasteiger partial charge in [-0.1, -0.05) is 26.0 Å². The van der Waals surface area contributed by atoms with Crippen LogP contribution in [0.2, 0.25) is 0 Å². The molecule has 0 amide bonds. The molecule has 0 radical (unpaired) electrons. The van der Waals surface area contributed by atoms with Crippen LogP contribution >= 0.6 is 0 Å². The molecule has 2 N–H and O–H groups in total. The van der Waals surface area contributed by atoms with Crippen LogP contribution in [-0.4, -0.2) is 9.55 Å². The summed E-state index contributed by atoms with van der Waals surface area (Å²) < 4.78 is 2.18. The molecule has 3 nitrogen and oxygen atoms in total. The van der Waals surface area contributed by atoms with Crippen molar-refractivity contribution < 1.29 is 0 Å². The van der Waals surface area contributed by atoms with Crippen LogP contribution in [0, 0.1) is 11.3 Å². The Kier molecular flexibility index (Phi) is 2.18. The molecule has 1 heterocycles. The number of hydrogen-bond acceptors (Lipinski definition) is 2. The number of anilines is 1. The molecule has 1 aromatic carbocycles. The maximum atomic E-state index is 6.04. The van der Waals surface area contributed by atoms with E-state index in [0.717, 1.165) is 17.6 Å². The summed E-state index contributed by atoms with van der Waals surface area (Å²) in [6.45, 7) is 5.63. The largest absolute Gasteiger partial charge is 0.369 e. The molecule has 0 saturated heterocycles. The molecule has 1 saturated carbocycles. The van der Waals surface area contributed by atoms with Crippen molar-refractivity contribution in [2.45, 2.75) is 33.2 Å². The number of hydrogen-bond donors (Lipinski definition) is 1. The number of fused-ring (bicyclic) bond motifs is 1. The van der Waals surface area contributed by atoms with Gasteiger partial charge in [0.1, 0.15) is 0 Å². The van der Waals surface area contributed by atoms with Gasteiger partial charge >= 0.3 is 0 Å². The fraction of sp³-hybridized carbons (Fsp3) is 0.500. The molecule has 0 aliphatic heterocycles. The van der Waals surface area contributed by atoms with Gasteiger partial charge < -0.3 is 10.3 Å². The smallest absolute Gasteiger partial charge is 0.201 e. The lowest BCUT2D eigenvalue weighted by Crippen LogP contribution is -2.18. The van der Waals surface area contributed by atoms with Gasteiger partial charge in [0.15, 0.2) is 0 Å². The zero-order valence-corrected chi connectivity index (χ0v) is 10.5. The normalized spacial score (nSPS) is 17.8. The van der Waals surface area contributed by atoms with E-state index >= 15 is 0 Å². The minimum atomic E-state index is 0.456. The van der Waals surface area contributed by atoms with Crippen molar-refractivity contribution in [3.8, 4) is 0 Å². The van der Waals surface area contributed by atoms with E-state index in [0.29, 0.717) is 17.3 Å². The number of nitrogens with two attached hydrogens (primary N) is 1. The Morgan fingerprint density at radius 2 is 2.06 bits per heavy atom. The van der Waals surface area contributed by atoms with Crippen molar-refractivity contribution in [3.63, 3.8) is 0 Å². The predicted octanol–water partition coefficient (Wildman–Crippen LogP) is 3.05. The summed E-state index contributed by atoms with van der Waals surface area (Å²) in [6, 6.07) is 8.19. The molecule has 1 aliphatic carbocycles. The van der Waals surface area contributed by atoms with Crippen LogP contribution < -0.4 is 5.73 Å². The lowest BCUT2D eigenvalue weighted by atomic mass is 9.92. The summed E-state index contributed by atoms with van der Waals surface area (Å²) in [5, 5.41) is 0. The monoisotopic (exact) mass is 229 g/mol. The summed E-state index contributed by atoms with van der Waals surface area (Å²) in [4.78, 5) is 4.43. The first-order chi connectivity index (χ1) is 8.12. The van der Waals surface area contributed by atoms with Crippen LogP contribution in [0.3, 0.4) is 0 Å². The van der Waals surface area contributed by atoms with E-state index < -0.39 is 0 Å². The van der Waals surface area contributed by atoms with Gasteiger partial charge in [-0.05, 0) is 36.3 Å². The van der Waals surface area contributed by atoms with E-state index in [2.05, 4.69) is 35.5 Å². The molecule has 2 aromatic rings. The first kappa shape index (κ1) is 10.6. The molecule has 17 heavy (non-hydrogen) atoms. The van der Waals surface area contributed by atoms with Gasteiger partial charge in [-0.15, -0.1) is 0 Å². The van der Waals surface area contributed by atoms with E-state index in [-0.39, 0.29) is 0 Å². The third kappa shape index (κ3) is 1.61. The minimum Gasteiger partial charge on any atom is -0.369 e. The fourth-order valence-corrected chi connectivity index (χ4v) is 2.65. The zero-order chi connectivity index (χ0) is 12.0. The van der Waals surface area contributed by atoms with E-state index in [9.17, 15) is 0 Å². The highest BCUT2D eigenvalue weighted by Gasteiger charge is 2.45. The van der Waals surface area contributed by atoms with Crippen molar-refractivity contribution >= 4 is 17.0 Å². The molecule has 0 spiro atoms. The van der Waals surface area contributed by atoms with Gasteiger partial charge in [0.2, 0.25) is 5.95 Å². The van der Waals surface area contributed by atoms with Gasteiger partial charge in [0.25, 0.3) is 0 Å². The highest BCUT2D eigenvalue weighted by atomic mass is 15.2. The summed E-state index contributed by atoms with van der Waals surface area (Å²) in [7, 11) is 0. The van der Waals surface area contributed by atoms with Crippen LogP contribution in [0.4, 0.5) is 5.95 Å². The number of nitrogen functional groups attached to an aromatic ring is 1. The highest BCUT2D eigenvalue weighted by Crippen LogP contribution is 2.53. The van der Waals surface area contributed by atoms with Crippen molar-refractivity contribution in [1.82, 2.24) is 9.55 Å². The van der Waals surface area contributed by atoms with Gasteiger partial charge in [-0.25, -0.2) is 4.98 Å². The second-order valence-corrected chi connectivity index (χ2v) is 5.56. The first-order valence-corrected chi connectivity index (χ1v) is 6.33. The van der Waals surface area contributed by atoms with Gasteiger partial charge in [0.05, 0.1) is 11.0 Å². The van der Waals surface area contributed by atoms with Crippen molar-refractivity contribution in [2.75, 3.05) is 5.73 Å². The molecule has 3 heteroatoms. The van der Waals surface area contributed by atoms with Crippen molar-refractivity contribution in [1.29, 1.82) is 0 Å². The van der Waals surface area contributed by atoms with E-state index in [1.165, 1.54) is 12.8 Å². The van der Waals surface area contributed by atoms with E-state index in [4.69, 9.17) is 5.73 Å². The lowest BCUT2D eigenvalue weighted by molar-refractivity contribution is 0.314. The summed E-state index contributed by atoms with van der Waals surface area (Å²) in [5.74, 6) is 1.36. The predicted molar refractivity (Wildman–Crippen MR) is 70.7 cm³/mol. The van der Waals surface area contributed by atoms with Gasteiger partial charge in [-0.2, -0.15) is 0 Å². The third-order valence-electron chi connectivity index (χ3n) is 4.27. The lowest BCUT2D eigenvalue weighted by Gasteiger charge is -2.21. The van der Waals surface area contributed by atoms with Crippen molar-refractivity contribution in [3.05, 3.63) is 24.3 Å². The van der Waals surface area contributed by atoms with Gasteiger partial charge in [-0.3, -0.25) is 0 Å². The number of nitrogens with zero attached hydrogens (tertiary/aromatic N) is 2. The number of aromatic nitrogens is 2. The molecule has 90 valence electrons. The average molecular weight is 229 g/mol. The second-order valence-electron chi connectivity index (χ2n) is 5.56. The van der Waals surface area contributed by atoms with Crippen LogP contribution in [-0.2, 0) is 6.54 Å². The van der Waals surface area contributed by atoms with Crippen LogP contribution in [0.1, 0.15) is 26.7 Å². The van der Waals surface area contributed by atoms with E-state index in [1.807, 2.05) is 12.1 Å². The zero-order valence-electron chi connectivity index (χ0n) is 10.5. The molecular weight excluding hydrogens is 210 g/mol. The van der Waals surface area contributed by atoms with Crippen LogP contribution in [0.25, 0.3) is 11.0 Å². The third-order valence-corrected chi connectivity index (χ3v) is 4.27. The van der Waals surface area contributed by atoms with Crippen LogP contribution in [0.5, 0.6) is 0 Å². The summed E-state index contributed by atoms with van der Waals surface area (Å²) >= 11 is 0. The average Bonchev–Trinajstić information content (AvgIpc) is 3.01. The standard InChI is InChI=1S/C14H19N3/c1-10(2)14(7-8-14)9-17-12-6-4-3-5-11(12)16-13(17)15/h3-6,10H,7-9H2,1-2H3,(H2,15,16).